The number of para-hydroxylation sites is 1. The molecule has 2 aromatic rings. The van der Waals surface area contributed by atoms with Crippen LogP contribution in [0.5, 0.6) is 5.75 Å². The molecule has 2 aromatic carbocycles. The van der Waals surface area contributed by atoms with Crippen LogP contribution >= 0.6 is 0 Å². The normalized spacial score (nSPS) is 16.5. The molecule has 1 saturated heterocycles. The molecule has 2 N–H and O–H groups in total. The van der Waals surface area contributed by atoms with Crippen molar-refractivity contribution in [3.8, 4) is 5.75 Å². The van der Waals surface area contributed by atoms with Gasteiger partial charge in [-0.2, -0.15) is 0 Å². The molecule has 3 rings (SSSR count). The number of carbonyl (C=O) groups is 3. The predicted octanol–water partition coefficient (Wildman–Crippen LogP) is 4.96. The lowest BCUT2D eigenvalue weighted by Crippen LogP contribution is -2.54. The van der Waals surface area contributed by atoms with Crippen LogP contribution in [-0.2, 0) is 20.4 Å². The summed E-state index contributed by atoms with van der Waals surface area (Å²) >= 11 is 0. The van der Waals surface area contributed by atoms with Crippen LogP contribution < -0.4 is 10.2 Å². The van der Waals surface area contributed by atoms with E-state index in [-0.39, 0.29) is 22.2 Å². The molecule has 168 valence electrons. The largest absolute Gasteiger partial charge is 0.507 e. The van der Waals surface area contributed by atoms with Gasteiger partial charge in [-0.05, 0) is 53.2 Å². The number of aromatic hydroxyl groups is 1. The molecule has 0 bridgehead atoms. The molecule has 0 radical (unpaired) electrons. The summed E-state index contributed by atoms with van der Waals surface area (Å²) in [4.78, 5) is 39.4. The fraction of sp³-hybridized carbons (Fsp3) is 0.346. The number of anilines is 1. The Bertz CT molecular complexity index is 1110. The number of carbonyl (C=O) groups excluding carboxylic acids is 3. The quantitative estimate of drug-likeness (QED) is 0.517. The van der Waals surface area contributed by atoms with Gasteiger partial charge in [-0.15, -0.1) is 0 Å². The molecular formula is C26H30N2O4. The summed E-state index contributed by atoms with van der Waals surface area (Å²) in [5, 5.41) is 13.2. The van der Waals surface area contributed by atoms with E-state index in [1.54, 1.807) is 37.3 Å². The summed E-state index contributed by atoms with van der Waals surface area (Å²) in [6, 6.07) is 9.79. The van der Waals surface area contributed by atoms with Crippen molar-refractivity contribution in [1.82, 2.24) is 5.32 Å². The van der Waals surface area contributed by atoms with Gasteiger partial charge in [0.05, 0.1) is 5.69 Å². The Morgan fingerprint density at radius 1 is 0.906 bits per heavy atom. The highest BCUT2D eigenvalue weighted by molar-refractivity contribution is 6.39. The van der Waals surface area contributed by atoms with Crippen LogP contribution in [0.25, 0.3) is 6.08 Å². The SMILES string of the molecule is Cc1ccccc1N1C(=O)NC(=O)/C(=C\c2cc(C(C)(C)C)c(O)c(C(C)(C)C)c2)C1=O. The third-order valence-electron chi connectivity index (χ3n) is 5.52. The molecule has 1 aliphatic heterocycles. The van der Waals surface area contributed by atoms with Gasteiger partial charge in [0, 0.05) is 11.1 Å². The van der Waals surface area contributed by atoms with Crippen LogP contribution in [0.4, 0.5) is 10.5 Å². The summed E-state index contributed by atoms with van der Waals surface area (Å²) < 4.78 is 0. The highest BCUT2D eigenvalue weighted by atomic mass is 16.3. The molecule has 6 nitrogen and oxygen atoms in total. The minimum absolute atomic E-state index is 0.140. The second-order valence-corrected chi connectivity index (χ2v) is 10.2. The van der Waals surface area contributed by atoms with Crippen LogP contribution in [0.3, 0.4) is 0 Å². The van der Waals surface area contributed by atoms with E-state index in [1.807, 2.05) is 47.6 Å². The van der Waals surface area contributed by atoms with Crippen molar-refractivity contribution < 1.29 is 19.5 Å². The molecule has 1 fully saturated rings. The van der Waals surface area contributed by atoms with Gasteiger partial charge in [-0.1, -0.05) is 59.7 Å². The number of urea groups is 1. The van der Waals surface area contributed by atoms with Gasteiger partial charge in [-0.25, -0.2) is 9.69 Å². The Morgan fingerprint density at radius 3 is 1.94 bits per heavy atom. The first-order valence-corrected chi connectivity index (χ1v) is 10.6. The standard InChI is InChI=1S/C26H30N2O4/c1-15-10-8-9-11-20(15)28-23(31)17(22(30)27-24(28)32)12-16-13-18(25(2,3)4)21(29)19(14-16)26(5,6)7/h8-14,29H,1-7H3,(H,27,30,32)/b17-12+. The topological polar surface area (TPSA) is 86.7 Å². The fourth-order valence-electron chi connectivity index (χ4n) is 3.74. The van der Waals surface area contributed by atoms with Gasteiger partial charge in [0.2, 0.25) is 0 Å². The first-order chi connectivity index (χ1) is 14.7. The van der Waals surface area contributed by atoms with Crippen LogP contribution in [0.2, 0.25) is 0 Å². The number of hydrogen-bond acceptors (Lipinski definition) is 4. The molecule has 6 heteroatoms. The Labute approximate surface area is 188 Å². The lowest BCUT2D eigenvalue weighted by molar-refractivity contribution is -0.122. The number of benzene rings is 2. The van der Waals surface area contributed by atoms with Gasteiger partial charge >= 0.3 is 6.03 Å². The number of phenols is 1. The van der Waals surface area contributed by atoms with E-state index >= 15 is 0 Å². The smallest absolute Gasteiger partial charge is 0.335 e. The Hall–Kier alpha value is -3.41. The lowest BCUT2D eigenvalue weighted by Gasteiger charge is -2.29. The first-order valence-electron chi connectivity index (χ1n) is 10.6. The number of nitrogens with zero attached hydrogens (tertiary/aromatic N) is 1. The number of imide groups is 2. The molecular weight excluding hydrogens is 404 g/mol. The predicted molar refractivity (Wildman–Crippen MR) is 126 cm³/mol. The van der Waals surface area contributed by atoms with Gasteiger partial charge in [0.15, 0.2) is 0 Å². The van der Waals surface area contributed by atoms with Crippen LogP contribution in [0, 0.1) is 6.92 Å². The molecule has 1 aliphatic rings. The Morgan fingerprint density at radius 2 is 1.44 bits per heavy atom. The van der Waals surface area contributed by atoms with Crippen molar-refractivity contribution in [2.24, 2.45) is 0 Å². The van der Waals surface area contributed by atoms with Crippen molar-refractivity contribution >= 4 is 29.6 Å². The second-order valence-electron chi connectivity index (χ2n) is 10.2. The van der Waals surface area contributed by atoms with Crippen molar-refractivity contribution in [2.45, 2.75) is 59.3 Å². The average molecular weight is 435 g/mol. The molecule has 0 spiro atoms. The zero-order chi connectivity index (χ0) is 24.0. The summed E-state index contributed by atoms with van der Waals surface area (Å²) in [7, 11) is 0. The third kappa shape index (κ3) is 4.31. The number of aryl methyl sites for hydroxylation is 1. The average Bonchev–Trinajstić information content (AvgIpc) is 2.65. The van der Waals surface area contributed by atoms with E-state index in [0.717, 1.165) is 10.5 Å². The number of phenolic OH excluding ortho intramolecular Hbond substituents is 1. The van der Waals surface area contributed by atoms with Crippen molar-refractivity contribution in [2.75, 3.05) is 4.90 Å². The van der Waals surface area contributed by atoms with E-state index in [0.29, 0.717) is 22.4 Å². The zero-order valence-electron chi connectivity index (χ0n) is 19.7. The van der Waals surface area contributed by atoms with E-state index in [2.05, 4.69) is 5.32 Å². The number of amides is 4. The van der Waals surface area contributed by atoms with Crippen molar-refractivity contribution in [1.29, 1.82) is 0 Å². The van der Waals surface area contributed by atoms with E-state index in [9.17, 15) is 19.5 Å². The van der Waals surface area contributed by atoms with Gasteiger partial charge < -0.3 is 5.11 Å². The van der Waals surface area contributed by atoms with E-state index < -0.39 is 17.8 Å². The first kappa shape index (κ1) is 23.3. The lowest BCUT2D eigenvalue weighted by atomic mass is 9.78. The van der Waals surface area contributed by atoms with Crippen molar-refractivity contribution in [3.63, 3.8) is 0 Å². The fourth-order valence-corrected chi connectivity index (χ4v) is 3.74. The van der Waals surface area contributed by atoms with Crippen LogP contribution in [-0.4, -0.2) is 23.0 Å². The number of barbiturate groups is 1. The number of rotatable bonds is 2. The number of nitrogens with one attached hydrogen (secondary N) is 1. The summed E-state index contributed by atoms with van der Waals surface area (Å²) in [6.07, 6.45) is 1.49. The van der Waals surface area contributed by atoms with Gasteiger partial charge in [0.1, 0.15) is 11.3 Å². The van der Waals surface area contributed by atoms with E-state index in [1.165, 1.54) is 6.08 Å². The minimum Gasteiger partial charge on any atom is -0.507 e. The number of hydrogen-bond donors (Lipinski definition) is 2. The molecule has 0 aromatic heterocycles. The minimum atomic E-state index is -0.775. The van der Waals surface area contributed by atoms with Crippen molar-refractivity contribution in [3.05, 3.63) is 64.2 Å². The van der Waals surface area contributed by atoms with Crippen LogP contribution in [0.15, 0.2) is 42.0 Å². The molecule has 32 heavy (non-hydrogen) atoms. The molecule has 0 aliphatic carbocycles. The van der Waals surface area contributed by atoms with Gasteiger partial charge in [-0.3, -0.25) is 14.9 Å². The third-order valence-corrected chi connectivity index (χ3v) is 5.52. The Balaban J connectivity index is 2.18. The molecule has 4 amide bonds. The molecule has 0 unspecified atom stereocenters. The zero-order valence-corrected chi connectivity index (χ0v) is 19.7. The van der Waals surface area contributed by atoms with E-state index in [4.69, 9.17) is 0 Å². The summed E-state index contributed by atoms with van der Waals surface area (Å²) in [5.41, 5.74) is 2.33. The monoisotopic (exact) mass is 434 g/mol. The highest BCUT2D eigenvalue weighted by Crippen LogP contribution is 2.40. The second kappa shape index (κ2) is 7.93. The maximum absolute atomic E-state index is 13.3. The summed E-state index contributed by atoms with van der Waals surface area (Å²) in [5.74, 6) is -1.22. The van der Waals surface area contributed by atoms with Gasteiger partial charge in [0.25, 0.3) is 11.8 Å². The molecule has 0 saturated carbocycles. The maximum Gasteiger partial charge on any atom is 0.335 e. The molecule has 0 atom stereocenters. The van der Waals surface area contributed by atoms with Crippen LogP contribution in [0.1, 0.15) is 63.8 Å². The Kier molecular flexibility index (Phi) is 5.77. The summed E-state index contributed by atoms with van der Waals surface area (Å²) in [6.45, 7) is 13.7. The molecule has 1 heterocycles. The maximum atomic E-state index is 13.3. The highest BCUT2D eigenvalue weighted by Gasteiger charge is 2.37.